The first-order valence-corrected chi connectivity index (χ1v) is 6.96. The van der Waals surface area contributed by atoms with Gasteiger partial charge in [0.25, 0.3) is 5.91 Å². The van der Waals surface area contributed by atoms with Gasteiger partial charge in [0.15, 0.2) is 0 Å². The molecular formula is C15H15F2N3O4. The number of anilines is 1. The quantitative estimate of drug-likeness (QED) is 0.818. The summed E-state index contributed by atoms with van der Waals surface area (Å²) in [6, 6.07) is 2.44. The Morgan fingerprint density at radius 1 is 1.33 bits per heavy atom. The van der Waals surface area contributed by atoms with Crippen molar-refractivity contribution in [2.24, 2.45) is 7.05 Å². The molecule has 7 nitrogen and oxygen atoms in total. The van der Waals surface area contributed by atoms with Crippen LogP contribution >= 0.6 is 0 Å². The number of hydrogen-bond donors (Lipinski definition) is 1. The summed E-state index contributed by atoms with van der Waals surface area (Å²) >= 11 is 0. The summed E-state index contributed by atoms with van der Waals surface area (Å²) in [5, 5.41) is 2.54. The van der Waals surface area contributed by atoms with Crippen LogP contribution in [-0.4, -0.2) is 34.6 Å². The number of carbonyl (C=O) groups excluding carboxylic acids is 2. The van der Waals surface area contributed by atoms with Crippen LogP contribution in [0.15, 0.2) is 30.7 Å². The molecule has 0 atom stereocenters. The number of carbonyl (C=O) groups is 2. The highest BCUT2D eigenvalue weighted by molar-refractivity contribution is 6.07. The zero-order chi connectivity index (χ0) is 17.7. The van der Waals surface area contributed by atoms with Gasteiger partial charge in [-0.3, -0.25) is 4.79 Å². The number of aromatic nitrogens is 2. The van der Waals surface area contributed by atoms with Crippen LogP contribution < -0.4 is 10.1 Å². The van der Waals surface area contributed by atoms with E-state index in [4.69, 9.17) is 4.74 Å². The summed E-state index contributed by atoms with van der Waals surface area (Å²) in [6.07, 6.45) is 4.07. The van der Waals surface area contributed by atoms with Crippen LogP contribution in [0.25, 0.3) is 0 Å². The van der Waals surface area contributed by atoms with E-state index in [9.17, 15) is 18.4 Å². The lowest BCUT2D eigenvalue weighted by Gasteiger charge is -2.07. The van der Waals surface area contributed by atoms with Gasteiger partial charge in [0, 0.05) is 19.4 Å². The van der Waals surface area contributed by atoms with Crippen molar-refractivity contribution in [3.8, 4) is 5.75 Å². The lowest BCUT2D eigenvalue weighted by atomic mass is 10.2. The van der Waals surface area contributed by atoms with Crippen molar-refractivity contribution in [2.75, 3.05) is 11.9 Å². The number of amides is 1. The average molecular weight is 339 g/mol. The number of esters is 1. The second kappa shape index (κ2) is 7.53. The van der Waals surface area contributed by atoms with Crippen LogP contribution in [0.3, 0.4) is 0 Å². The maximum atomic E-state index is 12.2. The SMILES string of the molecule is CCOC(=O)c1cn(C)cc1NC(=O)c1ccc(OC(F)F)cn1. The van der Waals surface area contributed by atoms with E-state index in [-0.39, 0.29) is 29.3 Å². The summed E-state index contributed by atoms with van der Waals surface area (Å²) < 4.78 is 34.8. The lowest BCUT2D eigenvalue weighted by molar-refractivity contribution is -0.0500. The summed E-state index contributed by atoms with van der Waals surface area (Å²) in [5.74, 6) is -1.33. The number of nitrogens with one attached hydrogen (secondary N) is 1. The smallest absolute Gasteiger partial charge is 0.387 e. The Labute approximate surface area is 136 Å². The van der Waals surface area contributed by atoms with Crippen molar-refractivity contribution in [1.82, 2.24) is 9.55 Å². The number of aryl methyl sites for hydroxylation is 1. The minimum atomic E-state index is -2.97. The maximum absolute atomic E-state index is 12.2. The first-order chi connectivity index (χ1) is 11.4. The van der Waals surface area contributed by atoms with Crippen molar-refractivity contribution in [1.29, 1.82) is 0 Å². The molecule has 24 heavy (non-hydrogen) atoms. The molecule has 9 heteroatoms. The molecule has 0 aromatic carbocycles. The highest BCUT2D eigenvalue weighted by Crippen LogP contribution is 2.19. The first kappa shape index (κ1) is 17.4. The molecule has 2 rings (SSSR count). The van der Waals surface area contributed by atoms with Crippen molar-refractivity contribution < 1.29 is 27.8 Å². The molecule has 0 unspecified atom stereocenters. The zero-order valence-corrected chi connectivity index (χ0v) is 13.0. The molecule has 2 aromatic rings. The summed E-state index contributed by atoms with van der Waals surface area (Å²) in [6.45, 7) is -1.09. The predicted molar refractivity (Wildman–Crippen MR) is 80.2 cm³/mol. The highest BCUT2D eigenvalue weighted by atomic mass is 19.3. The van der Waals surface area contributed by atoms with E-state index in [1.165, 1.54) is 18.3 Å². The third kappa shape index (κ3) is 4.28. The molecule has 2 heterocycles. The van der Waals surface area contributed by atoms with E-state index < -0.39 is 18.5 Å². The van der Waals surface area contributed by atoms with E-state index >= 15 is 0 Å². The fourth-order valence-corrected chi connectivity index (χ4v) is 1.93. The van der Waals surface area contributed by atoms with E-state index in [0.29, 0.717) is 0 Å². The molecule has 0 aliphatic heterocycles. The van der Waals surface area contributed by atoms with Gasteiger partial charge in [-0.05, 0) is 19.1 Å². The Morgan fingerprint density at radius 3 is 2.67 bits per heavy atom. The number of pyridine rings is 1. The van der Waals surface area contributed by atoms with Crippen LogP contribution in [-0.2, 0) is 11.8 Å². The Hall–Kier alpha value is -2.97. The van der Waals surface area contributed by atoms with Crippen LogP contribution in [0.4, 0.5) is 14.5 Å². The van der Waals surface area contributed by atoms with Gasteiger partial charge in [-0.15, -0.1) is 0 Å². The Balaban J connectivity index is 2.13. The van der Waals surface area contributed by atoms with E-state index in [0.717, 1.165) is 6.20 Å². The topological polar surface area (TPSA) is 82.5 Å². The third-order valence-electron chi connectivity index (χ3n) is 2.89. The molecular weight excluding hydrogens is 324 g/mol. The number of alkyl halides is 2. The number of nitrogens with zero attached hydrogens (tertiary/aromatic N) is 2. The standard InChI is InChI=1S/C15H15F2N3O4/c1-3-23-14(22)10-7-20(2)8-12(10)19-13(21)11-5-4-9(6-18-11)24-15(16)17/h4-8,15H,3H2,1-2H3,(H,19,21). The minimum absolute atomic E-state index is 0.0183. The largest absolute Gasteiger partial charge is 0.462 e. The van der Waals surface area contributed by atoms with Gasteiger partial charge in [-0.2, -0.15) is 8.78 Å². The minimum Gasteiger partial charge on any atom is -0.462 e. The molecule has 0 saturated carbocycles. The second-order valence-corrected chi connectivity index (χ2v) is 4.68. The van der Waals surface area contributed by atoms with E-state index in [2.05, 4.69) is 15.0 Å². The average Bonchev–Trinajstić information content (AvgIpc) is 2.88. The van der Waals surface area contributed by atoms with Gasteiger partial charge in [0.2, 0.25) is 0 Å². The van der Waals surface area contributed by atoms with Crippen LogP contribution in [0, 0.1) is 0 Å². The molecule has 0 radical (unpaired) electrons. The van der Waals surface area contributed by atoms with Crippen LogP contribution in [0.2, 0.25) is 0 Å². The molecule has 1 N–H and O–H groups in total. The molecule has 1 amide bonds. The zero-order valence-electron chi connectivity index (χ0n) is 13.0. The van der Waals surface area contributed by atoms with Gasteiger partial charge >= 0.3 is 12.6 Å². The molecule has 0 aliphatic carbocycles. The lowest BCUT2D eigenvalue weighted by Crippen LogP contribution is -2.16. The number of hydrogen-bond acceptors (Lipinski definition) is 5. The number of halogens is 2. The number of ether oxygens (including phenoxy) is 2. The third-order valence-corrected chi connectivity index (χ3v) is 2.89. The van der Waals surface area contributed by atoms with Crippen LogP contribution in [0.1, 0.15) is 27.8 Å². The highest BCUT2D eigenvalue weighted by Gasteiger charge is 2.18. The molecule has 0 bridgehead atoms. The van der Waals surface area contributed by atoms with Gasteiger partial charge < -0.3 is 19.4 Å². The molecule has 0 fully saturated rings. The van der Waals surface area contributed by atoms with Crippen LogP contribution in [0.5, 0.6) is 5.75 Å². The van der Waals surface area contributed by atoms with Gasteiger partial charge in [-0.1, -0.05) is 0 Å². The summed E-state index contributed by atoms with van der Waals surface area (Å²) in [7, 11) is 1.69. The fraction of sp³-hybridized carbons (Fsp3) is 0.267. The maximum Gasteiger partial charge on any atom is 0.387 e. The number of rotatable bonds is 6. The van der Waals surface area contributed by atoms with E-state index in [1.807, 2.05) is 0 Å². The Kier molecular flexibility index (Phi) is 5.46. The fourth-order valence-electron chi connectivity index (χ4n) is 1.93. The first-order valence-electron chi connectivity index (χ1n) is 6.96. The van der Waals surface area contributed by atoms with Gasteiger partial charge in [0.05, 0.1) is 18.5 Å². The molecule has 0 saturated heterocycles. The molecule has 0 spiro atoms. The van der Waals surface area contributed by atoms with Gasteiger partial charge in [-0.25, -0.2) is 9.78 Å². The monoisotopic (exact) mass is 339 g/mol. The molecule has 2 aromatic heterocycles. The van der Waals surface area contributed by atoms with Crippen molar-refractivity contribution in [3.63, 3.8) is 0 Å². The summed E-state index contributed by atoms with van der Waals surface area (Å²) in [4.78, 5) is 27.8. The van der Waals surface area contributed by atoms with Crippen molar-refractivity contribution in [3.05, 3.63) is 42.0 Å². The predicted octanol–water partition coefficient (Wildman–Crippen LogP) is 2.45. The second-order valence-electron chi connectivity index (χ2n) is 4.68. The normalized spacial score (nSPS) is 10.5. The molecule has 0 aliphatic rings. The van der Waals surface area contributed by atoms with Crippen molar-refractivity contribution >= 4 is 17.6 Å². The molecule has 128 valence electrons. The Bertz CT molecular complexity index is 729. The van der Waals surface area contributed by atoms with E-state index in [1.54, 1.807) is 24.7 Å². The van der Waals surface area contributed by atoms with Gasteiger partial charge in [0.1, 0.15) is 17.0 Å². The summed E-state index contributed by atoms with van der Waals surface area (Å²) in [5.41, 5.74) is 0.441. The van der Waals surface area contributed by atoms with Crippen molar-refractivity contribution in [2.45, 2.75) is 13.5 Å². The Morgan fingerprint density at radius 2 is 2.08 bits per heavy atom.